The molecule has 1 N–H and O–H groups in total. The Kier molecular flexibility index (Phi) is 11.9. The van der Waals surface area contributed by atoms with Gasteiger partial charge in [-0.1, -0.05) is 82.9 Å². The highest BCUT2D eigenvalue weighted by Crippen LogP contribution is 2.32. The van der Waals surface area contributed by atoms with Crippen molar-refractivity contribution in [2.24, 2.45) is 0 Å². The molecule has 0 aromatic heterocycles. The second-order valence-corrected chi connectivity index (χ2v) is 9.35. The van der Waals surface area contributed by atoms with E-state index in [4.69, 9.17) is 19.3 Å². The molecule has 2 aromatic carbocycles. The molecule has 184 valence electrons. The van der Waals surface area contributed by atoms with Crippen molar-refractivity contribution in [2.45, 2.75) is 97.6 Å². The van der Waals surface area contributed by atoms with E-state index >= 15 is 0 Å². The third-order valence-corrected chi connectivity index (χ3v) is 6.21. The highest BCUT2D eigenvalue weighted by atomic mass is 16.7. The first kappa shape index (κ1) is 27.4. The van der Waals surface area contributed by atoms with E-state index in [1.54, 1.807) is 6.92 Å². The van der Waals surface area contributed by atoms with Crippen molar-refractivity contribution in [1.82, 2.24) is 0 Å². The third kappa shape index (κ3) is 9.87. The smallest absolute Gasteiger partial charge is 0.196 e. The van der Waals surface area contributed by atoms with Crippen molar-refractivity contribution < 1.29 is 19.3 Å². The minimum atomic E-state index is -0.653. The van der Waals surface area contributed by atoms with Gasteiger partial charge in [0.05, 0.1) is 6.61 Å². The van der Waals surface area contributed by atoms with Crippen molar-refractivity contribution in [2.75, 3.05) is 13.2 Å². The standard InChI is InChI=1S/C29H44O4/c1-6-25-13-15-26(16-14-25)29(4,5)27-17-19-28(20-18-27)33-24(3)32-22-12-10-8-7-9-11-21-31-23(2)30/h13-20,23-24,30H,6-12,21-22H2,1-5H3. The molecule has 33 heavy (non-hydrogen) atoms. The van der Waals surface area contributed by atoms with E-state index in [0.29, 0.717) is 13.2 Å². The van der Waals surface area contributed by atoms with Crippen molar-refractivity contribution in [3.63, 3.8) is 0 Å². The summed E-state index contributed by atoms with van der Waals surface area (Å²) in [5.74, 6) is 0.836. The first-order valence-corrected chi connectivity index (χ1v) is 12.6. The number of benzene rings is 2. The van der Waals surface area contributed by atoms with Gasteiger partial charge in [-0.05, 0) is 61.9 Å². The fourth-order valence-electron chi connectivity index (χ4n) is 3.91. The molecule has 0 aliphatic carbocycles. The molecule has 2 unspecified atom stereocenters. The topological polar surface area (TPSA) is 47.9 Å². The monoisotopic (exact) mass is 456 g/mol. The van der Waals surface area contributed by atoms with E-state index in [1.165, 1.54) is 29.5 Å². The van der Waals surface area contributed by atoms with Crippen LogP contribution in [0.5, 0.6) is 5.75 Å². The van der Waals surface area contributed by atoms with Crippen LogP contribution in [0.1, 0.15) is 89.8 Å². The van der Waals surface area contributed by atoms with E-state index in [1.807, 2.05) is 19.1 Å². The van der Waals surface area contributed by atoms with Crippen LogP contribution in [-0.2, 0) is 21.3 Å². The van der Waals surface area contributed by atoms with Gasteiger partial charge in [-0.25, -0.2) is 0 Å². The number of aryl methyl sites for hydroxylation is 1. The minimum Gasteiger partial charge on any atom is -0.465 e. The van der Waals surface area contributed by atoms with Gasteiger partial charge >= 0.3 is 0 Å². The number of aliphatic hydroxyl groups excluding tert-OH is 1. The van der Waals surface area contributed by atoms with Gasteiger partial charge in [0, 0.05) is 12.0 Å². The van der Waals surface area contributed by atoms with Gasteiger partial charge < -0.3 is 19.3 Å². The molecule has 2 atom stereocenters. The Labute approximate surface area is 201 Å². The first-order chi connectivity index (χ1) is 15.8. The third-order valence-electron chi connectivity index (χ3n) is 6.21. The van der Waals surface area contributed by atoms with Crippen LogP contribution in [-0.4, -0.2) is 30.9 Å². The maximum atomic E-state index is 9.05. The fraction of sp³-hybridized carbons (Fsp3) is 0.586. The van der Waals surface area contributed by atoms with E-state index < -0.39 is 6.29 Å². The molecule has 0 saturated carbocycles. The summed E-state index contributed by atoms with van der Waals surface area (Å²) >= 11 is 0. The van der Waals surface area contributed by atoms with E-state index in [-0.39, 0.29) is 11.7 Å². The molecule has 0 radical (unpaired) electrons. The molecule has 0 fully saturated rings. The number of hydrogen-bond donors (Lipinski definition) is 1. The normalized spacial score (nSPS) is 13.6. The molecule has 2 aromatic rings. The highest BCUT2D eigenvalue weighted by Gasteiger charge is 2.23. The molecule has 0 spiro atoms. The van der Waals surface area contributed by atoms with Gasteiger partial charge in [-0.3, -0.25) is 0 Å². The molecule has 0 bridgehead atoms. The lowest BCUT2D eigenvalue weighted by Gasteiger charge is -2.26. The molecule has 0 aliphatic rings. The number of unbranched alkanes of at least 4 members (excludes halogenated alkanes) is 5. The average Bonchev–Trinajstić information content (AvgIpc) is 2.80. The summed E-state index contributed by atoms with van der Waals surface area (Å²) < 4.78 is 16.9. The lowest BCUT2D eigenvalue weighted by Crippen LogP contribution is -2.19. The van der Waals surface area contributed by atoms with Gasteiger partial charge in [-0.2, -0.15) is 0 Å². The Balaban J connectivity index is 1.66. The molecular weight excluding hydrogens is 412 g/mol. The van der Waals surface area contributed by atoms with Crippen LogP contribution in [0.4, 0.5) is 0 Å². The predicted octanol–water partition coefficient (Wildman–Crippen LogP) is 7.01. The zero-order valence-electron chi connectivity index (χ0n) is 21.3. The van der Waals surface area contributed by atoms with Crippen LogP contribution in [0.3, 0.4) is 0 Å². The summed E-state index contributed by atoms with van der Waals surface area (Å²) in [4.78, 5) is 0. The quantitative estimate of drug-likeness (QED) is 0.218. The number of rotatable bonds is 16. The molecular formula is C29H44O4. The molecule has 2 rings (SSSR count). The van der Waals surface area contributed by atoms with Gasteiger partial charge in [0.25, 0.3) is 0 Å². The molecule has 0 saturated heterocycles. The number of aliphatic hydroxyl groups is 1. The van der Waals surface area contributed by atoms with Crippen LogP contribution >= 0.6 is 0 Å². The summed E-state index contributed by atoms with van der Waals surface area (Å²) in [5, 5.41) is 9.05. The average molecular weight is 457 g/mol. The molecule has 0 aliphatic heterocycles. The Morgan fingerprint density at radius 3 is 1.73 bits per heavy atom. The lowest BCUT2D eigenvalue weighted by molar-refractivity contribution is -0.0859. The van der Waals surface area contributed by atoms with Crippen molar-refractivity contribution in [3.05, 3.63) is 65.2 Å². The SMILES string of the molecule is CCc1ccc(C(C)(C)c2ccc(OC(C)OCCCCCCCCOC(C)O)cc2)cc1. The summed E-state index contributed by atoms with van der Waals surface area (Å²) in [6.45, 7) is 11.7. The second-order valence-electron chi connectivity index (χ2n) is 9.35. The highest BCUT2D eigenvalue weighted by molar-refractivity contribution is 5.40. The van der Waals surface area contributed by atoms with E-state index in [2.05, 4.69) is 57.2 Å². The maximum Gasteiger partial charge on any atom is 0.196 e. The molecule has 4 nitrogen and oxygen atoms in total. The van der Waals surface area contributed by atoms with E-state index in [9.17, 15) is 0 Å². The lowest BCUT2D eigenvalue weighted by atomic mass is 9.78. The predicted molar refractivity (Wildman–Crippen MR) is 136 cm³/mol. The Hall–Kier alpha value is -1.88. The van der Waals surface area contributed by atoms with Gasteiger partial charge in [0.15, 0.2) is 12.6 Å². The summed E-state index contributed by atoms with van der Waals surface area (Å²) in [6.07, 6.45) is 6.90. The molecule has 0 amide bonds. The second kappa shape index (κ2) is 14.4. The number of hydrogen-bond acceptors (Lipinski definition) is 4. The molecule has 4 heteroatoms. The Morgan fingerprint density at radius 2 is 1.21 bits per heavy atom. The van der Waals surface area contributed by atoms with Gasteiger partial charge in [0.1, 0.15) is 5.75 Å². The van der Waals surface area contributed by atoms with Crippen LogP contribution in [0.15, 0.2) is 48.5 Å². The Morgan fingerprint density at radius 1 is 0.727 bits per heavy atom. The van der Waals surface area contributed by atoms with Crippen LogP contribution < -0.4 is 4.74 Å². The van der Waals surface area contributed by atoms with Crippen molar-refractivity contribution in [1.29, 1.82) is 0 Å². The van der Waals surface area contributed by atoms with Gasteiger partial charge in [-0.15, -0.1) is 0 Å². The summed E-state index contributed by atoms with van der Waals surface area (Å²) in [7, 11) is 0. The summed E-state index contributed by atoms with van der Waals surface area (Å²) in [6, 6.07) is 17.3. The maximum absolute atomic E-state index is 9.05. The molecule has 0 heterocycles. The van der Waals surface area contributed by atoms with Crippen LogP contribution in [0.25, 0.3) is 0 Å². The fourth-order valence-corrected chi connectivity index (χ4v) is 3.91. The van der Waals surface area contributed by atoms with Crippen LogP contribution in [0, 0.1) is 0 Å². The zero-order valence-corrected chi connectivity index (χ0v) is 21.3. The van der Waals surface area contributed by atoms with Gasteiger partial charge in [0.2, 0.25) is 0 Å². The van der Waals surface area contributed by atoms with E-state index in [0.717, 1.165) is 37.9 Å². The Bertz CT molecular complexity index is 765. The first-order valence-electron chi connectivity index (χ1n) is 12.6. The zero-order chi connectivity index (χ0) is 24.1. The minimum absolute atomic E-state index is 0.0583. The largest absolute Gasteiger partial charge is 0.465 e. The number of ether oxygens (including phenoxy) is 3. The summed E-state index contributed by atoms with van der Waals surface area (Å²) in [5.41, 5.74) is 3.89. The van der Waals surface area contributed by atoms with Crippen LogP contribution in [0.2, 0.25) is 0 Å². The van der Waals surface area contributed by atoms with Crippen molar-refractivity contribution >= 4 is 0 Å². The van der Waals surface area contributed by atoms with Crippen molar-refractivity contribution in [3.8, 4) is 5.75 Å².